The summed E-state index contributed by atoms with van der Waals surface area (Å²) < 4.78 is 0. The number of carbonyl (C=O) groups is 2. The van der Waals surface area contributed by atoms with Crippen molar-refractivity contribution in [2.24, 2.45) is 0 Å². The summed E-state index contributed by atoms with van der Waals surface area (Å²) >= 11 is 0. The van der Waals surface area contributed by atoms with E-state index in [1.807, 2.05) is 18.2 Å². The van der Waals surface area contributed by atoms with Gasteiger partial charge in [0.25, 0.3) is 0 Å². The zero-order valence-electron chi connectivity index (χ0n) is 11.8. The van der Waals surface area contributed by atoms with Crippen molar-refractivity contribution < 1.29 is 19.8 Å². The van der Waals surface area contributed by atoms with Gasteiger partial charge in [-0.25, -0.2) is 0 Å². The second kappa shape index (κ2) is 8.79. The molecule has 0 aliphatic rings. The number of benzene rings is 2. The van der Waals surface area contributed by atoms with E-state index < -0.39 is 0 Å². The van der Waals surface area contributed by atoms with Gasteiger partial charge in [0, 0.05) is 16.7 Å². The molecule has 21 heavy (non-hydrogen) atoms. The van der Waals surface area contributed by atoms with Gasteiger partial charge in [-0.05, 0) is 13.0 Å². The molecule has 0 saturated carbocycles. The van der Waals surface area contributed by atoms with Crippen LogP contribution in [0.5, 0.6) is 0 Å². The van der Waals surface area contributed by atoms with E-state index in [1.54, 1.807) is 36.4 Å². The molecule has 0 aliphatic heterocycles. The third-order valence-electron chi connectivity index (χ3n) is 2.67. The lowest BCUT2D eigenvalue weighted by molar-refractivity contribution is 0.101. The molecule has 0 aliphatic carbocycles. The zero-order chi connectivity index (χ0) is 15.7. The largest absolute Gasteiger partial charge is 0.394 e. The fourth-order valence-corrected chi connectivity index (χ4v) is 1.64. The maximum atomic E-state index is 12.1. The molecule has 0 bridgehead atoms. The summed E-state index contributed by atoms with van der Waals surface area (Å²) in [7, 11) is 0. The SMILES string of the molecule is CC(=O)c1cccc(C(=O)c2ccccc2)c1.OCCO. The van der Waals surface area contributed by atoms with Gasteiger partial charge in [0.05, 0.1) is 13.2 Å². The Balaban J connectivity index is 0.000000491. The Morgan fingerprint density at radius 2 is 1.33 bits per heavy atom. The number of rotatable bonds is 4. The minimum absolute atomic E-state index is 0.0345. The van der Waals surface area contributed by atoms with Crippen LogP contribution in [-0.4, -0.2) is 35.0 Å². The minimum Gasteiger partial charge on any atom is -0.394 e. The van der Waals surface area contributed by atoms with E-state index in [-0.39, 0.29) is 24.8 Å². The Morgan fingerprint density at radius 1 is 0.810 bits per heavy atom. The highest BCUT2D eigenvalue weighted by molar-refractivity contribution is 6.10. The number of hydrogen-bond donors (Lipinski definition) is 2. The summed E-state index contributed by atoms with van der Waals surface area (Å²) in [6.45, 7) is 1.24. The van der Waals surface area contributed by atoms with Crippen LogP contribution < -0.4 is 0 Å². The van der Waals surface area contributed by atoms with Crippen LogP contribution in [-0.2, 0) is 0 Å². The van der Waals surface area contributed by atoms with Crippen LogP contribution >= 0.6 is 0 Å². The first kappa shape index (κ1) is 16.8. The molecule has 2 N–H and O–H groups in total. The smallest absolute Gasteiger partial charge is 0.193 e. The molecule has 110 valence electrons. The van der Waals surface area contributed by atoms with Crippen molar-refractivity contribution >= 4 is 11.6 Å². The van der Waals surface area contributed by atoms with Gasteiger partial charge in [0.1, 0.15) is 0 Å². The lowest BCUT2D eigenvalue weighted by atomic mass is 10.0. The normalized spacial score (nSPS) is 9.48. The minimum atomic E-state index is -0.125. The Kier molecular flexibility index (Phi) is 7.01. The van der Waals surface area contributed by atoms with Gasteiger partial charge in [-0.3, -0.25) is 9.59 Å². The van der Waals surface area contributed by atoms with Gasteiger partial charge in [0.15, 0.2) is 11.6 Å². The Bertz CT molecular complexity index is 589. The van der Waals surface area contributed by atoms with Crippen molar-refractivity contribution in [2.75, 3.05) is 13.2 Å². The van der Waals surface area contributed by atoms with E-state index in [2.05, 4.69) is 0 Å². The molecule has 2 aromatic rings. The number of aliphatic hydroxyl groups excluding tert-OH is 2. The molecule has 0 radical (unpaired) electrons. The number of aliphatic hydroxyl groups is 2. The van der Waals surface area contributed by atoms with Crippen molar-refractivity contribution in [1.82, 2.24) is 0 Å². The van der Waals surface area contributed by atoms with Gasteiger partial charge >= 0.3 is 0 Å². The fourth-order valence-electron chi connectivity index (χ4n) is 1.64. The van der Waals surface area contributed by atoms with E-state index in [0.29, 0.717) is 16.7 Å². The molecule has 0 heterocycles. The Morgan fingerprint density at radius 3 is 1.86 bits per heavy atom. The summed E-state index contributed by atoms with van der Waals surface area (Å²) in [5.74, 6) is -0.0959. The van der Waals surface area contributed by atoms with Gasteiger partial charge in [0.2, 0.25) is 0 Å². The average Bonchev–Trinajstić information content (AvgIpc) is 2.55. The molecule has 0 unspecified atom stereocenters. The van der Waals surface area contributed by atoms with Crippen molar-refractivity contribution in [3.63, 3.8) is 0 Å². The summed E-state index contributed by atoms with van der Waals surface area (Å²) in [5.41, 5.74) is 1.74. The number of ketones is 2. The number of Topliss-reactive ketones (excluding diaryl/α,β-unsaturated/α-hetero) is 1. The standard InChI is InChI=1S/C15H12O2.C2H6O2/c1-11(16)13-8-5-9-14(10-13)15(17)12-6-3-2-4-7-12;3-1-2-4/h2-10H,1H3;3-4H,1-2H2. The summed E-state index contributed by atoms with van der Waals surface area (Å²) in [6.07, 6.45) is 0. The maximum absolute atomic E-state index is 12.1. The quantitative estimate of drug-likeness (QED) is 0.844. The van der Waals surface area contributed by atoms with Crippen molar-refractivity contribution in [3.05, 3.63) is 71.3 Å². The highest BCUT2D eigenvalue weighted by atomic mass is 16.3. The maximum Gasteiger partial charge on any atom is 0.193 e. The molecule has 0 amide bonds. The zero-order valence-corrected chi connectivity index (χ0v) is 11.8. The molecule has 0 aromatic heterocycles. The number of carbonyl (C=O) groups excluding carboxylic acids is 2. The third kappa shape index (κ3) is 5.30. The molecular formula is C17H18O4. The Hall–Kier alpha value is -2.30. The van der Waals surface area contributed by atoms with Crippen molar-refractivity contribution in [3.8, 4) is 0 Å². The topological polar surface area (TPSA) is 74.6 Å². The molecule has 0 atom stereocenters. The molecule has 4 nitrogen and oxygen atoms in total. The van der Waals surface area contributed by atoms with Crippen molar-refractivity contribution in [1.29, 1.82) is 0 Å². The van der Waals surface area contributed by atoms with Crippen LogP contribution in [0.25, 0.3) is 0 Å². The first-order chi connectivity index (χ1) is 10.1. The van der Waals surface area contributed by atoms with Gasteiger partial charge in [-0.1, -0.05) is 48.5 Å². The van der Waals surface area contributed by atoms with Crippen LogP contribution in [0.15, 0.2) is 54.6 Å². The van der Waals surface area contributed by atoms with Gasteiger partial charge in [-0.2, -0.15) is 0 Å². The predicted octanol–water partition coefficient (Wildman–Crippen LogP) is 2.09. The second-order valence-corrected chi connectivity index (χ2v) is 4.28. The van der Waals surface area contributed by atoms with E-state index in [0.717, 1.165) is 0 Å². The van der Waals surface area contributed by atoms with Crippen LogP contribution in [0.3, 0.4) is 0 Å². The Labute approximate surface area is 123 Å². The lowest BCUT2D eigenvalue weighted by Crippen LogP contribution is -2.02. The van der Waals surface area contributed by atoms with E-state index >= 15 is 0 Å². The predicted molar refractivity (Wildman–Crippen MR) is 80.5 cm³/mol. The van der Waals surface area contributed by atoms with E-state index in [9.17, 15) is 9.59 Å². The third-order valence-corrected chi connectivity index (χ3v) is 2.67. The van der Waals surface area contributed by atoms with E-state index in [1.165, 1.54) is 6.92 Å². The highest BCUT2D eigenvalue weighted by Gasteiger charge is 2.09. The van der Waals surface area contributed by atoms with Crippen LogP contribution in [0.1, 0.15) is 33.2 Å². The monoisotopic (exact) mass is 286 g/mol. The molecule has 2 rings (SSSR count). The first-order valence-corrected chi connectivity index (χ1v) is 6.52. The van der Waals surface area contributed by atoms with Crippen LogP contribution in [0, 0.1) is 0 Å². The van der Waals surface area contributed by atoms with Crippen molar-refractivity contribution in [2.45, 2.75) is 6.92 Å². The molecule has 0 spiro atoms. The van der Waals surface area contributed by atoms with Crippen LogP contribution in [0.2, 0.25) is 0 Å². The van der Waals surface area contributed by atoms with Crippen LogP contribution in [0.4, 0.5) is 0 Å². The van der Waals surface area contributed by atoms with Gasteiger partial charge in [-0.15, -0.1) is 0 Å². The second-order valence-electron chi connectivity index (χ2n) is 4.28. The molecule has 0 saturated heterocycles. The molecule has 0 fully saturated rings. The summed E-state index contributed by atoms with van der Waals surface area (Å²) in [4.78, 5) is 23.4. The van der Waals surface area contributed by atoms with E-state index in [4.69, 9.17) is 10.2 Å². The number of hydrogen-bond acceptors (Lipinski definition) is 4. The summed E-state index contributed by atoms with van der Waals surface area (Å²) in [5, 5.41) is 15.2. The summed E-state index contributed by atoms with van der Waals surface area (Å²) in [6, 6.07) is 15.8. The average molecular weight is 286 g/mol. The molecule has 4 heteroatoms. The molecular weight excluding hydrogens is 268 g/mol. The lowest BCUT2D eigenvalue weighted by Gasteiger charge is -2.02. The fraction of sp³-hybridized carbons (Fsp3) is 0.176. The first-order valence-electron chi connectivity index (χ1n) is 6.52. The molecule has 2 aromatic carbocycles. The highest BCUT2D eigenvalue weighted by Crippen LogP contribution is 2.12. The van der Waals surface area contributed by atoms with Gasteiger partial charge < -0.3 is 10.2 Å².